The SMILES string of the molecule is CCOC(=O)[C@H](C)N1C(=O)N[C@@H]2NC(=O)N[C@@H]21. The van der Waals surface area contributed by atoms with E-state index in [1.165, 1.54) is 4.90 Å². The summed E-state index contributed by atoms with van der Waals surface area (Å²) in [4.78, 5) is 35.6. The summed E-state index contributed by atoms with van der Waals surface area (Å²) in [6.45, 7) is 3.50. The largest absolute Gasteiger partial charge is 0.464 e. The smallest absolute Gasteiger partial charge is 0.328 e. The van der Waals surface area contributed by atoms with E-state index in [-0.39, 0.29) is 12.6 Å². The Kier molecular flexibility index (Phi) is 2.78. The average molecular weight is 242 g/mol. The fourth-order valence-electron chi connectivity index (χ4n) is 1.95. The molecule has 0 unspecified atom stereocenters. The molecule has 0 spiro atoms. The van der Waals surface area contributed by atoms with Gasteiger partial charge in [-0.25, -0.2) is 14.4 Å². The molecule has 0 aromatic heterocycles. The molecule has 0 radical (unpaired) electrons. The van der Waals surface area contributed by atoms with E-state index in [1.54, 1.807) is 13.8 Å². The van der Waals surface area contributed by atoms with E-state index < -0.39 is 30.4 Å². The predicted molar refractivity (Wildman–Crippen MR) is 55.7 cm³/mol. The first-order valence-electron chi connectivity index (χ1n) is 5.37. The number of ether oxygens (including phenoxy) is 1. The number of nitrogens with one attached hydrogen (secondary N) is 3. The molecule has 0 bridgehead atoms. The van der Waals surface area contributed by atoms with Crippen molar-refractivity contribution in [3.8, 4) is 0 Å². The number of carbonyl (C=O) groups is 3. The second kappa shape index (κ2) is 4.11. The van der Waals surface area contributed by atoms with E-state index in [9.17, 15) is 14.4 Å². The fraction of sp³-hybridized carbons (Fsp3) is 0.667. The van der Waals surface area contributed by atoms with E-state index in [4.69, 9.17) is 4.74 Å². The van der Waals surface area contributed by atoms with Crippen LogP contribution in [0.25, 0.3) is 0 Å². The molecule has 4 amide bonds. The lowest BCUT2D eigenvalue weighted by Gasteiger charge is -2.26. The van der Waals surface area contributed by atoms with E-state index in [0.717, 1.165) is 0 Å². The Balaban J connectivity index is 2.11. The van der Waals surface area contributed by atoms with Crippen LogP contribution in [-0.4, -0.2) is 47.9 Å². The van der Waals surface area contributed by atoms with Gasteiger partial charge in [-0.2, -0.15) is 0 Å². The molecule has 3 atom stereocenters. The van der Waals surface area contributed by atoms with E-state index in [2.05, 4.69) is 16.0 Å². The van der Waals surface area contributed by atoms with Gasteiger partial charge < -0.3 is 20.7 Å². The Morgan fingerprint density at radius 2 is 2.12 bits per heavy atom. The topological polar surface area (TPSA) is 99.8 Å². The maximum atomic E-state index is 11.7. The second-order valence-corrected chi connectivity index (χ2v) is 3.83. The molecule has 8 heteroatoms. The molecule has 0 aromatic carbocycles. The second-order valence-electron chi connectivity index (χ2n) is 3.83. The van der Waals surface area contributed by atoms with Crippen molar-refractivity contribution in [2.75, 3.05) is 6.61 Å². The Labute approximate surface area is 97.7 Å². The summed E-state index contributed by atoms with van der Waals surface area (Å²) in [6.07, 6.45) is -1.07. The molecule has 0 aromatic rings. The van der Waals surface area contributed by atoms with Crippen molar-refractivity contribution in [3.05, 3.63) is 0 Å². The molecule has 2 heterocycles. The highest BCUT2D eigenvalue weighted by Gasteiger charge is 2.48. The van der Waals surface area contributed by atoms with Crippen LogP contribution in [0.4, 0.5) is 9.59 Å². The average Bonchev–Trinajstić information content (AvgIpc) is 2.72. The van der Waals surface area contributed by atoms with Crippen LogP contribution in [0.1, 0.15) is 13.8 Å². The molecule has 3 N–H and O–H groups in total. The Bertz CT molecular complexity index is 372. The molecule has 2 rings (SSSR count). The number of fused-ring (bicyclic) bond motifs is 1. The number of esters is 1. The summed E-state index contributed by atoms with van der Waals surface area (Å²) < 4.78 is 4.85. The molecular formula is C9H14N4O4. The van der Waals surface area contributed by atoms with Gasteiger partial charge in [0.1, 0.15) is 18.4 Å². The zero-order chi connectivity index (χ0) is 12.6. The number of urea groups is 2. The van der Waals surface area contributed by atoms with Gasteiger partial charge in [-0.15, -0.1) is 0 Å². The quantitative estimate of drug-likeness (QED) is 0.548. The molecule has 17 heavy (non-hydrogen) atoms. The van der Waals surface area contributed by atoms with Crippen molar-refractivity contribution < 1.29 is 19.1 Å². The molecule has 0 saturated carbocycles. The lowest BCUT2D eigenvalue weighted by molar-refractivity contribution is -0.148. The van der Waals surface area contributed by atoms with Gasteiger partial charge in [-0.05, 0) is 13.8 Å². The lowest BCUT2D eigenvalue weighted by atomic mass is 10.2. The minimum atomic E-state index is -0.745. The van der Waals surface area contributed by atoms with Crippen molar-refractivity contribution in [3.63, 3.8) is 0 Å². The van der Waals surface area contributed by atoms with Crippen molar-refractivity contribution >= 4 is 18.0 Å². The van der Waals surface area contributed by atoms with Gasteiger partial charge in [0, 0.05) is 0 Å². The standard InChI is InChI=1S/C9H14N4O4/c1-3-17-7(14)4(2)13-6-5(11-9(13)16)10-8(15)12-6/h4-6H,3H2,1-2H3,(H,11,16)(H2,10,12,15)/t4-,5-,6+/m0/s1. The van der Waals surface area contributed by atoms with Crippen LogP contribution < -0.4 is 16.0 Å². The Morgan fingerprint density at radius 1 is 1.41 bits per heavy atom. The van der Waals surface area contributed by atoms with E-state index in [1.807, 2.05) is 0 Å². The number of hydrogen-bond donors (Lipinski definition) is 3. The number of hydrogen-bond acceptors (Lipinski definition) is 4. The molecule has 2 aliphatic rings. The third kappa shape index (κ3) is 1.85. The lowest BCUT2D eigenvalue weighted by Crippen LogP contribution is -2.51. The summed E-state index contributed by atoms with van der Waals surface area (Å²) in [5, 5.41) is 7.64. The Morgan fingerprint density at radius 3 is 2.76 bits per heavy atom. The zero-order valence-electron chi connectivity index (χ0n) is 9.52. The van der Waals surface area contributed by atoms with Crippen molar-refractivity contribution in [1.82, 2.24) is 20.9 Å². The minimum absolute atomic E-state index is 0.247. The predicted octanol–water partition coefficient (Wildman–Crippen LogP) is -1.07. The van der Waals surface area contributed by atoms with E-state index in [0.29, 0.717) is 0 Å². The molecule has 94 valence electrons. The Hall–Kier alpha value is -1.99. The summed E-state index contributed by atoms with van der Waals surface area (Å²) in [6, 6.07) is -1.53. The van der Waals surface area contributed by atoms with Gasteiger partial charge in [-0.3, -0.25) is 4.90 Å². The molecule has 0 aliphatic carbocycles. The highest BCUT2D eigenvalue weighted by molar-refractivity contribution is 5.88. The highest BCUT2D eigenvalue weighted by Crippen LogP contribution is 2.17. The van der Waals surface area contributed by atoms with Gasteiger partial charge in [0.25, 0.3) is 0 Å². The van der Waals surface area contributed by atoms with Crippen LogP contribution >= 0.6 is 0 Å². The van der Waals surface area contributed by atoms with Crippen molar-refractivity contribution in [2.45, 2.75) is 32.2 Å². The van der Waals surface area contributed by atoms with Crippen LogP contribution in [0, 0.1) is 0 Å². The van der Waals surface area contributed by atoms with Crippen LogP contribution in [0.2, 0.25) is 0 Å². The number of amides is 4. The summed E-state index contributed by atoms with van der Waals surface area (Å²) in [7, 11) is 0. The summed E-state index contributed by atoms with van der Waals surface area (Å²) >= 11 is 0. The van der Waals surface area contributed by atoms with E-state index >= 15 is 0 Å². The monoisotopic (exact) mass is 242 g/mol. The normalized spacial score (nSPS) is 28.0. The maximum Gasteiger partial charge on any atom is 0.328 e. The van der Waals surface area contributed by atoms with Crippen molar-refractivity contribution in [2.24, 2.45) is 0 Å². The third-order valence-corrected chi connectivity index (χ3v) is 2.74. The van der Waals surface area contributed by atoms with Gasteiger partial charge >= 0.3 is 18.0 Å². The first-order chi connectivity index (χ1) is 8.04. The minimum Gasteiger partial charge on any atom is -0.464 e. The first-order valence-corrected chi connectivity index (χ1v) is 5.37. The highest BCUT2D eigenvalue weighted by atomic mass is 16.5. The number of carbonyl (C=O) groups excluding carboxylic acids is 3. The summed E-state index contributed by atoms with van der Waals surface area (Å²) in [5.74, 6) is -0.496. The maximum absolute atomic E-state index is 11.7. The fourth-order valence-corrected chi connectivity index (χ4v) is 1.95. The molecule has 8 nitrogen and oxygen atoms in total. The number of rotatable bonds is 3. The van der Waals surface area contributed by atoms with Crippen LogP contribution in [-0.2, 0) is 9.53 Å². The van der Waals surface area contributed by atoms with Gasteiger partial charge in [0.05, 0.1) is 6.61 Å². The molecular weight excluding hydrogens is 228 g/mol. The van der Waals surface area contributed by atoms with Crippen molar-refractivity contribution in [1.29, 1.82) is 0 Å². The third-order valence-electron chi connectivity index (χ3n) is 2.74. The van der Waals surface area contributed by atoms with Gasteiger partial charge in [-0.1, -0.05) is 0 Å². The summed E-state index contributed by atoms with van der Waals surface area (Å²) in [5.41, 5.74) is 0. The molecule has 2 fully saturated rings. The van der Waals surface area contributed by atoms with Crippen LogP contribution in [0.15, 0.2) is 0 Å². The zero-order valence-corrected chi connectivity index (χ0v) is 9.52. The molecule has 2 saturated heterocycles. The van der Waals surface area contributed by atoms with Gasteiger partial charge in [0.15, 0.2) is 0 Å². The van der Waals surface area contributed by atoms with Crippen LogP contribution in [0.5, 0.6) is 0 Å². The van der Waals surface area contributed by atoms with Gasteiger partial charge in [0.2, 0.25) is 0 Å². The number of nitrogens with zero attached hydrogens (tertiary/aromatic N) is 1. The molecule has 2 aliphatic heterocycles. The first kappa shape index (κ1) is 11.5. The van der Waals surface area contributed by atoms with Crippen LogP contribution in [0.3, 0.4) is 0 Å².